The maximum absolute atomic E-state index is 10.3. The molecule has 2 aliphatic heterocycles. The summed E-state index contributed by atoms with van der Waals surface area (Å²) in [6.45, 7) is 2.15. The van der Waals surface area contributed by atoms with E-state index < -0.39 is 12.2 Å². The number of aliphatic hydroxyl groups excluding tert-OH is 2. The molecule has 0 unspecified atom stereocenters. The summed E-state index contributed by atoms with van der Waals surface area (Å²) in [6, 6.07) is 8.96. The van der Waals surface area contributed by atoms with Crippen LogP contribution in [0.3, 0.4) is 0 Å². The van der Waals surface area contributed by atoms with Gasteiger partial charge in [0.2, 0.25) is 0 Å². The average Bonchev–Trinajstić information content (AvgIpc) is 2.87. The van der Waals surface area contributed by atoms with E-state index in [2.05, 4.69) is 34.1 Å². The fourth-order valence-corrected chi connectivity index (χ4v) is 5.38. The second kappa shape index (κ2) is 5.07. The van der Waals surface area contributed by atoms with Gasteiger partial charge in [-0.25, -0.2) is 0 Å². The van der Waals surface area contributed by atoms with E-state index in [1.807, 2.05) is 0 Å². The van der Waals surface area contributed by atoms with Crippen LogP contribution in [0.1, 0.15) is 36.6 Å². The first kappa shape index (κ1) is 14.0. The normalized spacial score (nSPS) is 37.2. The number of aromatic nitrogens is 1. The first-order chi connectivity index (χ1) is 11.2. The first-order valence-electron chi connectivity index (χ1n) is 8.90. The van der Waals surface area contributed by atoms with Crippen LogP contribution in [0.2, 0.25) is 0 Å². The molecule has 4 heteroatoms. The van der Waals surface area contributed by atoms with E-state index in [9.17, 15) is 10.2 Å². The van der Waals surface area contributed by atoms with E-state index in [1.54, 1.807) is 0 Å². The Labute approximate surface area is 136 Å². The van der Waals surface area contributed by atoms with Crippen LogP contribution in [0.25, 0.3) is 10.9 Å². The Morgan fingerprint density at radius 3 is 2.78 bits per heavy atom. The predicted molar refractivity (Wildman–Crippen MR) is 89.2 cm³/mol. The second-order valence-corrected chi connectivity index (χ2v) is 7.72. The Balaban J connectivity index is 1.60. The second-order valence-electron chi connectivity index (χ2n) is 7.72. The summed E-state index contributed by atoms with van der Waals surface area (Å²) in [6.07, 6.45) is 2.58. The zero-order chi connectivity index (χ0) is 15.6. The van der Waals surface area contributed by atoms with Gasteiger partial charge in [0, 0.05) is 29.7 Å². The number of aliphatic hydroxyl groups is 2. The van der Waals surface area contributed by atoms with Crippen molar-refractivity contribution in [1.82, 2.24) is 9.88 Å². The molecule has 2 fully saturated rings. The van der Waals surface area contributed by atoms with Crippen molar-refractivity contribution >= 4 is 10.9 Å². The third kappa shape index (κ3) is 2.09. The lowest BCUT2D eigenvalue weighted by molar-refractivity contribution is 0.00594. The SMILES string of the molecule is O[C@@H]1C[C@H]2C[C@@H](C[C@@H]1O)[C@H]1c3[nH]c4ccccc4c3CCN1C2. The summed E-state index contributed by atoms with van der Waals surface area (Å²) in [5, 5.41) is 21.8. The topological polar surface area (TPSA) is 59.5 Å². The fraction of sp³-hybridized carbons (Fsp3) is 0.579. The Hall–Kier alpha value is -1.36. The Morgan fingerprint density at radius 2 is 1.87 bits per heavy atom. The van der Waals surface area contributed by atoms with Crippen LogP contribution in [0, 0.1) is 11.8 Å². The molecule has 1 aromatic heterocycles. The molecule has 0 radical (unpaired) electrons. The molecule has 5 rings (SSSR count). The van der Waals surface area contributed by atoms with Crippen molar-refractivity contribution in [2.24, 2.45) is 11.8 Å². The third-order valence-electron chi connectivity index (χ3n) is 6.32. The van der Waals surface area contributed by atoms with Gasteiger partial charge in [0.05, 0.1) is 18.2 Å². The predicted octanol–water partition coefficient (Wildman–Crippen LogP) is 2.22. The molecule has 2 bridgehead atoms. The smallest absolute Gasteiger partial charge is 0.0802 e. The number of H-pyrrole nitrogens is 1. The lowest BCUT2D eigenvalue weighted by Crippen LogP contribution is -2.46. The summed E-state index contributed by atoms with van der Waals surface area (Å²) >= 11 is 0. The van der Waals surface area contributed by atoms with Crippen LogP contribution >= 0.6 is 0 Å². The molecule has 3 aliphatic rings. The van der Waals surface area contributed by atoms with Crippen molar-refractivity contribution in [2.45, 2.75) is 43.9 Å². The minimum Gasteiger partial charge on any atom is -0.390 e. The maximum Gasteiger partial charge on any atom is 0.0802 e. The summed E-state index contributed by atoms with van der Waals surface area (Å²) in [5.74, 6) is 0.961. The molecule has 2 aromatic rings. The standard InChI is InChI=1S/C19H24N2O2/c22-16-8-11-7-12(9-17(16)23)19-18-14(5-6-21(19)10-11)13-3-1-2-4-15(13)20-18/h1-4,11-12,16-17,19-20,22-23H,5-10H2/t11-,12+,16-,17+,19+/m1/s1. The molecule has 122 valence electrons. The molecule has 0 amide bonds. The fourth-order valence-electron chi connectivity index (χ4n) is 5.38. The van der Waals surface area contributed by atoms with Gasteiger partial charge in [0.25, 0.3) is 0 Å². The van der Waals surface area contributed by atoms with Crippen LogP contribution in [-0.2, 0) is 6.42 Å². The number of hydrogen-bond donors (Lipinski definition) is 3. The molecule has 23 heavy (non-hydrogen) atoms. The van der Waals surface area contributed by atoms with Gasteiger partial charge < -0.3 is 15.2 Å². The molecule has 1 saturated carbocycles. The van der Waals surface area contributed by atoms with Crippen LogP contribution in [0.4, 0.5) is 0 Å². The van der Waals surface area contributed by atoms with Crippen LogP contribution in [0.15, 0.2) is 24.3 Å². The van der Waals surface area contributed by atoms with Crippen molar-refractivity contribution in [3.05, 3.63) is 35.5 Å². The number of hydrogen-bond acceptors (Lipinski definition) is 3. The van der Waals surface area contributed by atoms with Crippen LogP contribution in [0.5, 0.6) is 0 Å². The van der Waals surface area contributed by atoms with Crippen LogP contribution < -0.4 is 0 Å². The van der Waals surface area contributed by atoms with Gasteiger partial charge in [-0.2, -0.15) is 0 Å². The quantitative estimate of drug-likeness (QED) is 0.699. The molecule has 1 saturated heterocycles. The highest BCUT2D eigenvalue weighted by molar-refractivity contribution is 5.85. The number of aromatic amines is 1. The van der Waals surface area contributed by atoms with E-state index in [0.717, 1.165) is 32.4 Å². The summed E-state index contributed by atoms with van der Waals surface area (Å²) < 4.78 is 0. The highest BCUT2D eigenvalue weighted by Gasteiger charge is 2.45. The molecule has 0 spiro atoms. The zero-order valence-corrected chi connectivity index (χ0v) is 13.3. The largest absolute Gasteiger partial charge is 0.390 e. The highest BCUT2D eigenvalue weighted by atomic mass is 16.3. The molecule has 3 heterocycles. The van der Waals surface area contributed by atoms with Gasteiger partial charge in [0.15, 0.2) is 0 Å². The number of fused-ring (bicyclic) bond motifs is 8. The Kier molecular flexibility index (Phi) is 3.09. The molecule has 4 nitrogen and oxygen atoms in total. The van der Waals surface area contributed by atoms with Gasteiger partial charge in [-0.1, -0.05) is 18.2 Å². The van der Waals surface area contributed by atoms with Gasteiger partial charge in [-0.15, -0.1) is 0 Å². The Morgan fingerprint density at radius 1 is 1.04 bits per heavy atom. The highest BCUT2D eigenvalue weighted by Crippen LogP contribution is 2.48. The molecule has 1 aromatic carbocycles. The first-order valence-corrected chi connectivity index (χ1v) is 8.90. The van der Waals surface area contributed by atoms with Crippen molar-refractivity contribution in [3.8, 4) is 0 Å². The number of piperidine rings is 1. The van der Waals surface area contributed by atoms with E-state index in [4.69, 9.17) is 0 Å². The molecular formula is C19H24N2O2. The van der Waals surface area contributed by atoms with Gasteiger partial charge >= 0.3 is 0 Å². The number of nitrogens with zero attached hydrogens (tertiary/aromatic N) is 1. The summed E-state index contributed by atoms with van der Waals surface area (Å²) in [7, 11) is 0. The number of rotatable bonds is 0. The monoisotopic (exact) mass is 312 g/mol. The van der Waals surface area contributed by atoms with Gasteiger partial charge in [-0.05, 0) is 49.1 Å². The number of para-hydroxylation sites is 1. The van der Waals surface area contributed by atoms with E-state index in [0.29, 0.717) is 24.3 Å². The minimum atomic E-state index is -0.570. The lowest BCUT2D eigenvalue weighted by Gasteiger charge is -2.46. The van der Waals surface area contributed by atoms with E-state index in [1.165, 1.54) is 22.2 Å². The van der Waals surface area contributed by atoms with E-state index in [-0.39, 0.29) is 0 Å². The van der Waals surface area contributed by atoms with Gasteiger partial charge in [-0.3, -0.25) is 4.90 Å². The summed E-state index contributed by atoms with van der Waals surface area (Å²) in [5.41, 5.74) is 4.07. The lowest BCUT2D eigenvalue weighted by atomic mass is 9.77. The number of nitrogens with one attached hydrogen (secondary N) is 1. The third-order valence-corrected chi connectivity index (χ3v) is 6.32. The van der Waals surface area contributed by atoms with Crippen molar-refractivity contribution in [2.75, 3.05) is 13.1 Å². The molecule has 5 atom stereocenters. The minimum absolute atomic E-state index is 0.377. The number of benzene rings is 1. The summed E-state index contributed by atoms with van der Waals surface area (Å²) in [4.78, 5) is 6.28. The zero-order valence-electron chi connectivity index (χ0n) is 13.3. The van der Waals surface area contributed by atoms with Crippen molar-refractivity contribution in [1.29, 1.82) is 0 Å². The molecule has 3 N–H and O–H groups in total. The van der Waals surface area contributed by atoms with Crippen molar-refractivity contribution < 1.29 is 10.2 Å². The maximum atomic E-state index is 10.3. The van der Waals surface area contributed by atoms with E-state index >= 15 is 0 Å². The van der Waals surface area contributed by atoms with Crippen LogP contribution in [-0.4, -0.2) is 45.4 Å². The average molecular weight is 312 g/mol. The van der Waals surface area contributed by atoms with Crippen molar-refractivity contribution in [3.63, 3.8) is 0 Å². The molecular weight excluding hydrogens is 288 g/mol. The Bertz CT molecular complexity index is 740. The molecule has 1 aliphatic carbocycles. The van der Waals surface area contributed by atoms with Gasteiger partial charge in [0.1, 0.15) is 0 Å².